The van der Waals surface area contributed by atoms with Gasteiger partial charge in [-0.15, -0.1) is 0 Å². The van der Waals surface area contributed by atoms with Crippen molar-refractivity contribution in [3.8, 4) is 23.0 Å². The van der Waals surface area contributed by atoms with E-state index in [9.17, 15) is 9.59 Å². The zero-order chi connectivity index (χ0) is 32.0. The molecule has 6 heteroatoms. The van der Waals surface area contributed by atoms with Crippen LogP contribution in [0.1, 0.15) is 93.4 Å². The predicted molar refractivity (Wildman–Crippen MR) is 178 cm³/mol. The first kappa shape index (κ1) is 31.4. The van der Waals surface area contributed by atoms with E-state index in [0.29, 0.717) is 17.2 Å². The first-order valence-electron chi connectivity index (χ1n) is 16.4. The summed E-state index contributed by atoms with van der Waals surface area (Å²) in [5.74, 6) is 1.95. The lowest BCUT2D eigenvalue weighted by Gasteiger charge is -2.38. The third kappa shape index (κ3) is 6.67. The van der Waals surface area contributed by atoms with E-state index in [1.54, 1.807) is 7.11 Å². The van der Waals surface area contributed by atoms with E-state index in [1.165, 1.54) is 54.9 Å². The molecule has 0 N–H and O–H groups in total. The van der Waals surface area contributed by atoms with Crippen LogP contribution in [0.4, 0.5) is 4.79 Å². The molecule has 238 valence electrons. The Morgan fingerprint density at radius 1 is 0.457 bits per heavy atom. The van der Waals surface area contributed by atoms with Crippen LogP contribution in [0, 0.1) is 0 Å². The number of carbonyl (C=O) groups excluding carboxylic acids is 2. The Balaban J connectivity index is 1.13. The molecule has 0 saturated heterocycles. The highest BCUT2D eigenvalue weighted by molar-refractivity contribution is 5.69. The van der Waals surface area contributed by atoms with Gasteiger partial charge in [-0.3, -0.25) is 4.79 Å². The van der Waals surface area contributed by atoms with Gasteiger partial charge in [0.05, 0.1) is 7.11 Å². The van der Waals surface area contributed by atoms with Gasteiger partial charge in [-0.05, 0) is 96.5 Å². The number of esters is 1. The summed E-state index contributed by atoms with van der Waals surface area (Å²) >= 11 is 0. The summed E-state index contributed by atoms with van der Waals surface area (Å²) in [6.45, 7) is 1.41. The second-order valence-electron chi connectivity index (χ2n) is 12.6. The van der Waals surface area contributed by atoms with E-state index < -0.39 is 6.16 Å². The third-order valence-electron chi connectivity index (χ3n) is 9.94. The molecule has 6 rings (SSSR count). The Kier molecular flexibility index (Phi) is 9.43. The van der Waals surface area contributed by atoms with Gasteiger partial charge in [-0.25, -0.2) is 4.79 Å². The Morgan fingerprint density at radius 3 is 1.07 bits per heavy atom. The van der Waals surface area contributed by atoms with Gasteiger partial charge in [0, 0.05) is 17.8 Å². The molecule has 6 nitrogen and oxygen atoms in total. The molecule has 2 aliphatic carbocycles. The lowest BCUT2D eigenvalue weighted by atomic mass is 9.65. The van der Waals surface area contributed by atoms with E-state index in [1.807, 2.05) is 60.7 Å². The second kappa shape index (κ2) is 13.8. The van der Waals surface area contributed by atoms with Crippen molar-refractivity contribution in [2.45, 2.75) is 82.0 Å². The quantitative estimate of drug-likeness (QED) is 0.111. The number of ether oxygens (including phenoxy) is 4. The standard InChI is InChI=1S/C40H42O6/c1-29(41)44-35-19-11-31(12-20-35)40(27-7-4-8-28-40)33-15-23-37(24-16-33)46-38(42)45-36-21-13-32(14-22-36)39(25-5-3-6-26-39)30-9-17-34(43-2)18-10-30/h9-24H,3-8,25-28H2,1-2H3. The van der Waals surface area contributed by atoms with E-state index >= 15 is 0 Å². The molecule has 0 aliphatic heterocycles. The number of benzene rings is 4. The molecule has 0 spiro atoms. The van der Waals surface area contributed by atoms with Crippen LogP contribution in [-0.2, 0) is 15.6 Å². The maximum atomic E-state index is 12.8. The van der Waals surface area contributed by atoms with E-state index in [4.69, 9.17) is 18.9 Å². The molecule has 4 aromatic carbocycles. The molecule has 2 saturated carbocycles. The van der Waals surface area contributed by atoms with E-state index in [-0.39, 0.29) is 16.8 Å². The van der Waals surface area contributed by atoms with Crippen molar-refractivity contribution in [1.82, 2.24) is 0 Å². The summed E-state index contributed by atoms with van der Waals surface area (Å²) in [6, 6.07) is 31.9. The van der Waals surface area contributed by atoms with Crippen molar-refractivity contribution in [2.75, 3.05) is 7.11 Å². The van der Waals surface area contributed by atoms with Gasteiger partial charge in [-0.1, -0.05) is 87.1 Å². The predicted octanol–water partition coefficient (Wildman–Crippen LogP) is 9.70. The molecule has 2 fully saturated rings. The molecule has 0 atom stereocenters. The lowest BCUT2D eigenvalue weighted by molar-refractivity contribution is -0.131. The van der Waals surface area contributed by atoms with Crippen molar-refractivity contribution >= 4 is 12.1 Å². The number of hydrogen-bond acceptors (Lipinski definition) is 6. The average molecular weight is 619 g/mol. The minimum absolute atomic E-state index is 0.0641. The van der Waals surface area contributed by atoms with Crippen LogP contribution in [-0.4, -0.2) is 19.2 Å². The van der Waals surface area contributed by atoms with Crippen LogP contribution < -0.4 is 18.9 Å². The van der Waals surface area contributed by atoms with E-state index in [0.717, 1.165) is 44.3 Å². The third-order valence-corrected chi connectivity index (χ3v) is 9.94. The largest absolute Gasteiger partial charge is 0.519 e. The fourth-order valence-corrected chi connectivity index (χ4v) is 7.61. The Morgan fingerprint density at radius 2 is 0.761 bits per heavy atom. The molecule has 46 heavy (non-hydrogen) atoms. The first-order chi connectivity index (χ1) is 22.4. The fraction of sp³-hybridized carbons (Fsp3) is 0.350. The number of carbonyl (C=O) groups is 2. The molecule has 0 heterocycles. The fourth-order valence-electron chi connectivity index (χ4n) is 7.61. The summed E-state index contributed by atoms with van der Waals surface area (Å²) in [7, 11) is 1.69. The van der Waals surface area contributed by atoms with Crippen LogP contribution in [0.3, 0.4) is 0 Å². The zero-order valence-corrected chi connectivity index (χ0v) is 26.8. The van der Waals surface area contributed by atoms with Crippen LogP contribution in [0.15, 0.2) is 97.1 Å². The van der Waals surface area contributed by atoms with Crippen LogP contribution in [0.5, 0.6) is 23.0 Å². The highest BCUT2D eigenvalue weighted by atomic mass is 16.7. The number of rotatable bonds is 8. The van der Waals surface area contributed by atoms with Gasteiger partial charge in [0.2, 0.25) is 0 Å². The monoisotopic (exact) mass is 618 g/mol. The van der Waals surface area contributed by atoms with Gasteiger partial charge in [0.15, 0.2) is 0 Å². The molecule has 0 aromatic heterocycles. The molecular formula is C40H42O6. The summed E-state index contributed by atoms with van der Waals surface area (Å²) in [5, 5.41) is 0. The summed E-state index contributed by atoms with van der Waals surface area (Å²) < 4.78 is 21.8. The summed E-state index contributed by atoms with van der Waals surface area (Å²) in [6.07, 6.45) is 10.5. The van der Waals surface area contributed by atoms with Gasteiger partial charge in [0.25, 0.3) is 0 Å². The van der Waals surface area contributed by atoms with Crippen LogP contribution in [0.2, 0.25) is 0 Å². The van der Waals surface area contributed by atoms with Crippen molar-refractivity contribution in [3.05, 3.63) is 119 Å². The van der Waals surface area contributed by atoms with Crippen molar-refractivity contribution in [2.24, 2.45) is 0 Å². The zero-order valence-electron chi connectivity index (χ0n) is 26.8. The molecule has 0 bridgehead atoms. The van der Waals surface area contributed by atoms with Gasteiger partial charge >= 0.3 is 12.1 Å². The Labute approximate surface area is 271 Å². The van der Waals surface area contributed by atoms with Crippen LogP contribution >= 0.6 is 0 Å². The van der Waals surface area contributed by atoms with Crippen LogP contribution in [0.25, 0.3) is 0 Å². The maximum Gasteiger partial charge on any atom is 0.519 e. The molecule has 2 aliphatic rings. The second-order valence-corrected chi connectivity index (χ2v) is 12.6. The molecular weight excluding hydrogens is 576 g/mol. The lowest BCUT2D eigenvalue weighted by Crippen LogP contribution is -2.30. The minimum atomic E-state index is -0.767. The van der Waals surface area contributed by atoms with Gasteiger partial charge in [0.1, 0.15) is 23.0 Å². The number of methoxy groups -OCH3 is 1. The molecule has 0 amide bonds. The number of hydrogen-bond donors (Lipinski definition) is 0. The SMILES string of the molecule is COc1ccc(C2(c3ccc(OC(=O)Oc4ccc(C5(c6ccc(OC(C)=O)cc6)CCCCC5)cc4)cc3)CCCCC2)cc1. The van der Waals surface area contributed by atoms with Gasteiger partial charge in [-0.2, -0.15) is 0 Å². The topological polar surface area (TPSA) is 71.1 Å². The first-order valence-corrected chi connectivity index (χ1v) is 16.4. The average Bonchev–Trinajstić information content (AvgIpc) is 3.09. The Bertz CT molecular complexity index is 1610. The highest BCUT2D eigenvalue weighted by Gasteiger charge is 2.37. The molecule has 0 unspecified atom stereocenters. The normalized spacial score (nSPS) is 17.0. The van der Waals surface area contributed by atoms with Gasteiger partial charge < -0.3 is 18.9 Å². The Hall–Kier alpha value is -4.58. The summed E-state index contributed by atoms with van der Waals surface area (Å²) in [5.41, 5.74) is 4.68. The maximum absolute atomic E-state index is 12.8. The molecule has 4 aromatic rings. The molecule has 0 radical (unpaired) electrons. The smallest absolute Gasteiger partial charge is 0.497 e. The van der Waals surface area contributed by atoms with Crippen molar-refractivity contribution < 1.29 is 28.5 Å². The minimum Gasteiger partial charge on any atom is -0.497 e. The highest BCUT2D eigenvalue weighted by Crippen LogP contribution is 2.47. The summed E-state index contributed by atoms with van der Waals surface area (Å²) in [4.78, 5) is 24.2. The van der Waals surface area contributed by atoms with Crippen molar-refractivity contribution in [1.29, 1.82) is 0 Å². The van der Waals surface area contributed by atoms with Crippen molar-refractivity contribution in [3.63, 3.8) is 0 Å². The van der Waals surface area contributed by atoms with E-state index in [2.05, 4.69) is 36.4 Å².